The van der Waals surface area contributed by atoms with E-state index in [-0.39, 0.29) is 11.9 Å². The van der Waals surface area contributed by atoms with Crippen LogP contribution in [-0.4, -0.2) is 0 Å². The van der Waals surface area contributed by atoms with Crippen LogP contribution in [-0.2, 0) is 0 Å². The molecular formula is C12H17BrFN. The van der Waals surface area contributed by atoms with E-state index >= 15 is 0 Å². The summed E-state index contributed by atoms with van der Waals surface area (Å²) in [6, 6.07) is 4.69. The SMILES string of the molecule is CCCCC[C@H](N)c1ccc(F)cc1Br. The molecule has 0 amide bonds. The molecule has 0 spiro atoms. The topological polar surface area (TPSA) is 26.0 Å². The molecule has 0 aliphatic rings. The van der Waals surface area contributed by atoms with E-state index in [9.17, 15) is 4.39 Å². The quantitative estimate of drug-likeness (QED) is 0.801. The Bertz CT molecular complexity index is 314. The molecule has 0 bridgehead atoms. The van der Waals surface area contributed by atoms with Crippen molar-refractivity contribution in [1.82, 2.24) is 0 Å². The maximum Gasteiger partial charge on any atom is 0.124 e. The molecule has 1 aromatic rings. The van der Waals surface area contributed by atoms with Gasteiger partial charge in [0.15, 0.2) is 0 Å². The molecule has 0 fully saturated rings. The van der Waals surface area contributed by atoms with Crippen LogP contribution in [0.4, 0.5) is 4.39 Å². The van der Waals surface area contributed by atoms with Crippen molar-refractivity contribution in [2.24, 2.45) is 5.73 Å². The maximum absolute atomic E-state index is 12.8. The van der Waals surface area contributed by atoms with Crippen LogP contribution < -0.4 is 5.73 Å². The van der Waals surface area contributed by atoms with E-state index in [4.69, 9.17) is 5.73 Å². The van der Waals surface area contributed by atoms with Gasteiger partial charge in [-0.15, -0.1) is 0 Å². The number of benzene rings is 1. The van der Waals surface area contributed by atoms with Gasteiger partial charge in [0.25, 0.3) is 0 Å². The van der Waals surface area contributed by atoms with Gasteiger partial charge in [0.1, 0.15) is 5.82 Å². The Balaban J connectivity index is 2.61. The molecule has 0 saturated heterocycles. The zero-order valence-electron chi connectivity index (χ0n) is 8.97. The predicted octanol–water partition coefficient (Wildman–Crippen LogP) is 4.17. The average Bonchev–Trinajstić information content (AvgIpc) is 2.17. The molecule has 0 saturated carbocycles. The normalized spacial score (nSPS) is 12.8. The molecular weight excluding hydrogens is 257 g/mol. The van der Waals surface area contributed by atoms with Gasteiger partial charge in [0.2, 0.25) is 0 Å². The first-order valence-corrected chi connectivity index (χ1v) is 6.15. The summed E-state index contributed by atoms with van der Waals surface area (Å²) in [6.07, 6.45) is 4.48. The fourth-order valence-corrected chi connectivity index (χ4v) is 2.22. The van der Waals surface area contributed by atoms with Gasteiger partial charge in [-0.3, -0.25) is 0 Å². The summed E-state index contributed by atoms with van der Waals surface area (Å²) in [7, 11) is 0. The molecule has 0 aliphatic carbocycles. The molecule has 1 atom stereocenters. The van der Waals surface area contributed by atoms with Gasteiger partial charge in [-0.05, 0) is 24.1 Å². The number of rotatable bonds is 5. The molecule has 0 heterocycles. The number of unbranched alkanes of at least 4 members (excludes halogenated alkanes) is 2. The Labute approximate surface area is 99.0 Å². The standard InChI is InChI=1S/C12H17BrFN/c1-2-3-4-5-12(15)10-7-6-9(14)8-11(10)13/h6-8,12H,2-5,15H2,1H3/t12-/m0/s1. The molecule has 1 nitrogen and oxygen atoms in total. The summed E-state index contributed by atoms with van der Waals surface area (Å²) >= 11 is 3.34. The Morgan fingerprint density at radius 3 is 2.73 bits per heavy atom. The molecule has 3 heteroatoms. The molecule has 0 aromatic heterocycles. The highest BCUT2D eigenvalue weighted by Gasteiger charge is 2.09. The summed E-state index contributed by atoms with van der Waals surface area (Å²) in [6.45, 7) is 2.17. The van der Waals surface area contributed by atoms with Crippen molar-refractivity contribution in [2.75, 3.05) is 0 Å². The lowest BCUT2D eigenvalue weighted by molar-refractivity contribution is 0.576. The lowest BCUT2D eigenvalue weighted by Crippen LogP contribution is -2.10. The van der Waals surface area contributed by atoms with Gasteiger partial charge < -0.3 is 5.73 Å². The number of hydrogen-bond acceptors (Lipinski definition) is 1. The van der Waals surface area contributed by atoms with E-state index in [0.717, 1.165) is 22.9 Å². The minimum Gasteiger partial charge on any atom is -0.324 e. The van der Waals surface area contributed by atoms with Crippen LogP contribution in [0.2, 0.25) is 0 Å². The van der Waals surface area contributed by atoms with E-state index < -0.39 is 0 Å². The molecule has 2 N–H and O–H groups in total. The lowest BCUT2D eigenvalue weighted by Gasteiger charge is -2.13. The van der Waals surface area contributed by atoms with E-state index in [1.54, 1.807) is 6.07 Å². The summed E-state index contributed by atoms with van der Waals surface area (Å²) in [5.41, 5.74) is 7.03. The Kier molecular flexibility index (Phi) is 5.26. The van der Waals surface area contributed by atoms with Crippen LogP contribution in [0.3, 0.4) is 0 Å². The van der Waals surface area contributed by atoms with Gasteiger partial charge in [-0.1, -0.05) is 48.2 Å². The fourth-order valence-electron chi connectivity index (χ4n) is 1.57. The van der Waals surface area contributed by atoms with E-state index in [1.165, 1.54) is 25.0 Å². The van der Waals surface area contributed by atoms with Crippen LogP contribution in [0.1, 0.15) is 44.2 Å². The molecule has 1 rings (SSSR count). The third kappa shape index (κ3) is 3.92. The minimum absolute atomic E-state index is 0.00604. The second-order valence-electron chi connectivity index (χ2n) is 3.77. The molecule has 1 aromatic carbocycles. The number of halogens is 2. The zero-order chi connectivity index (χ0) is 11.3. The van der Waals surface area contributed by atoms with Crippen LogP contribution >= 0.6 is 15.9 Å². The van der Waals surface area contributed by atoms with Crippen molar-refractivity contribution in [3.05, 3.63) is 34.1 Å². The summed E-state index contributed by atoms with van der Waals surface area (Å²) in [5, 5.41) is 0. The van der Waals surface area contributed by atoms with Crippen molar-refractivity contribution in [1.29, 1.82) is 0 Å². The second kappa shape index (κ2) is 6.23. The van der Waals surface area contributed by atoms with Crippen molar-refractivity contribution in [3.8, 4) is 0 Å². The Morgan fingerprint density at radius 1 is 1.40 bits per heavy atom. The lowest BCUT2D eigenvalue weighted by atomic mass is 10.0. The highest BCUT2D eigenvalue weighted by atomic mass is 79.9. The largest absolute Gasteiger partial charge is 0.324 e. The van der Waals surface area contributed by atoms with Crippen LogP contribution in [0, 0.1) is 5.82 Å². The van der Waals surface area contributed by atoms with Crippen molar-refractivity contribution < 1.29 is 4.39 Å². The third-order valence-electron chi connectivity index (χ3n) is 2.48. The van der Waals surface area contributed by atoms with Crippen LogP contribution in [0.15, 0.2) is 22.7 Å². The average molecular weight is 274 g/mol. The smallest absolute Gasteiger partial charge is 0.124 e. The van der Waals surface area contributed by atoms with Crippen molar-refractivity contribution >= 4 is 15.9 Å². The third-order valence-corrected chi connectivity index (χ3v) is 3.17. The minimum atomic E-state index is -0.230. The summed E-state index contributed by atoms with van der Waals surface area (Å²) in [5.74, 6) is -0.230. The van der Waals surface area contributed by atoms with Crippen LogP contribution in [0.25, 0.3) is 0 Å². The zero-order valence-corrected chi connectivity index (χ0v) is 10.6. The van der Waals surface area contributed by atoms with Gasteiger partial charge in [-0.25, -0.2) is 4.39 Å². The van der Waals surface area contributed by atoms with Gasteiger partial charge >= 0.3 is 0 Å². The summed E-state index contributed by atoms with van der Waals surface area (Å²) < 4.78 is 13.6. The molecule has 15 heavy (non-hydrogen) atoms. The molecule has 84 valence electrons. The van der Waals surface area contributed by atoms with Gasteiger partial charge in [-0.2, -0.15) is 0 Å². The van der Waals surface area contributed by atoms with E-state index in [0.29, 0.717) is 0 Å². The van der Waals surface area contributed by atoms with Crippen molar-refractivity contribution in [3.63, 3.8) is 0 Å². The van der Waals surface area contributed by atoms with Crippen LogP contribution in [0.5, 0.6) is 0 Å². The first-order valence-electron chi connectivity index (χ1n) is 5.35. The highest BCUT2D eigenvalue weighted by Crippen LogP contribution is 2.26. The van der Waals surface area contributed by atoms with Gasteiger partial charge in [0.05, 0.1) is 0 Å². The number of nitrogens with two attached hydrogens (primary N) is 1. The van der Waals surface area contributed by atoms with Crippen molar-refractivity contribution in [2.45, 2.75) is 38.6 Å². The Morgan fingerprint density at radius 2 is 2.13 bits per heavy atom. The number of hydrogen-bond donors (Lipinski definition) is 1. The monoisotopic (exact) mass is 273 g/mol. The van der Waals surface area contributed by atoms with E-state index in [1.807, 2.05) is 0 Å². The summed E-state index contributed by atoms with van der Waals surface area (Å²) in [4.78, 5) is 0. The first-order chi connectivity index (χ1) is 7.15. The molecule has 0 radical (unpaired) electrons. The Hall–Kier alpha value is -0.410. The second-order valence-corrected chi connectivity index (χ2v) is 4.62. The van der Waals surface area contributed by atoms with Gasteiger partial charge in [0, 0.05) is 10.5 Å². The molecule has 0 unspecified atom stereocenters. The fraction of sp³-hybridized carbons (Fsp3) is 0.500. The molecule has 0 aliphatic heterocycles. The highest BCUT2D eigenvalue weighted by molar-refractivity contribution is 9.10. The predicted molar refractivity (Wildman–Crippen MR) is 65.2 cm³/mol. The maximum atomic E-state index is 12.8. The van der Waals surface area contributed by atoms with E-state index in [2.05, 4.69) is 22.9 Å². The first kappa shape index (κ1) is 12.7.